The van der Waals surface area contributed by atoms with Gasteiger partial charge in [-0.15, -0.1) is 0 Å². The Morgan fingerprint density at radius 1 is 0.692 bits per heavy atom. The van der Waals surface area contributed by atoms with Gasteiger partial charge in [0.05, 0.1) is 56.3 Å². The van der Waals surface area contributed by atoms with Crippen LogP contribution in [0.5, 0.6) is 0 Å². The second kappa shape index (κ2) is 7.67. The summed E-state index contributed by atoms with van der Waals surface area (Å²) >= 11 is 0. The topological polar surface area (TPSA) is 52.8 Å². The maximum atomic E-state index is 6.04. The highest BCUT2D eigenvalue weighted by atomic mass is 16.6. The second-order valence-electron chi connectivity index (χ2n) is 9.46. The minimum Gasteiger partial charge on any atom is -0.381 e. The van der Waals surface area contributed by atoms with E-state index in [1.807, 2.05) is 0 Å². The molecule has 0 aromatic carbocycles. The van der Waals surface area contributed by atoms with Crippen LogP contribution in [0.15, 0.2) is 0 Å². The molecule has 5 heteroatoms. The van der Waals surface area contributed by atoms with Crippen molar-refractivity contribution in [3.63, 3.8) is 0 Å². The number of ether oxygens (including phenoxy) is 5. The van der Waals surface area contributed by atoms with E-state index < -0.39 is 0 Å². The first kappa shape index (κ1) is 17.9. The van der Waals surface area contributed by atoms with Gasteiger partial charge in [0, 0.05) is 13.2 Å². The van der Waals surface area contributed by atoms with Gasteiger partial charge in [0.2, 0.25) is 0 Å². The highest BCUT2D eigenvalue weighted by molar-refractivity contribution is 4.92. The summed E-state index contributed by atoms with van der Waals surface area (Å²) in [6.45, 7) is 4.87. The lowest BCUT2D eigenvalue weighted by Gasteiger charge is -2.41. The summed E-state index contributed by atoms with van der Waals surface area (Å²) in [6, 6.07) is 0. The van der Waals surface area contributed by atoms with Crippen LogP contribution in [0.3, 0.4) is 0 Å². The fraction of sp³-hybridized carbons (Fsp3) is 1.00. The predicted molar refractivity (Wildman–Crippen MR) is 96.1 cm³/mol. The summed E-state index contributed by atoms with van der Waals surface area (Å²) in [7, 11) is 0. The molecule has 3 aliphatic heterocycles. The molecule has 0 N–H and O–H groups in total. The number of hydrogen-bond acceptors (Lipinski definition) is 5. The molecule has 0 spiro atoms. The van der Waals surface area contributed by atoms with Crippen molar-refractivity contribution in [1.29, 1.82) is 0 Å². The van der Waals surface area contributed by atoms with Crippen LogP contribution in [0, 0.1) is 17.3 Å². The molecule has 0 aromatic heterocycles. The zero-order chi connectivity index (χ0) is 17.4. The quantitative estimate of drug-likeness (QED) is 0.439. The van der Waals surface area contributed by atoms with Crippen LogP contribution < -0.4 is 0 Å². The Morgan fingerprint density at radius 2 is 1.23 bits per heavy atom. The Hall–Kier alpha value is -0.200. The van der Waals surface area contributed by atoms with Crippen molar-refractivity contribution in [2.75, 3.05) is 39.6 Å². The zero-order valence-corrected chi connectivity index (χ0v) is 15.9. The monoisotopic (exact) mass is 366 g/mol. The van der Waals surface area contributed by atoms with Crippen LogP contribution in [-0.2, 0) is 23.7 Å². The molecule has 6 unspecified atom stereocenters. The van der Waals surface area contributed by atoms with Gasteiger partial charge in [-0.25, -0.2) is 0 Å². The molecule has 5 rings (SSSR count). The molecule has 0 radical (unpaired) electrons. The smallest absolute Gasteiger partial charge is 0.0844 e. The van der Waals surface area contributed by atoms with Crippen molar-refractivity contribution in [2.45, 2.75) is 75.8 Å². The maximum Gasteiger partial charge on any atom is 0.0844 e. The Bertz CT molecular complexity index is 441. The van der Waals surface area contributed by atoms with E-state index in [0.717, 1.165) is 51.5 Å². The third-order valence-electron chi connectivity index (χ3n) is 7.20. The van der Waals surface area contributed by atoms with Gasteiger partial charge in [-0.05, 0) is 63.2 Å². The van der Waals surface area contributed by atoms with Crippen molar-refractivity contribution < 1.29 is 23.7 Å². The summed E-state index contributed by atoms with van der Waals surface area (Å²) < 4.78 is 28.8. The molecule has 5 aliphatic rings. The molecule has 3 saturated heterocycles. The SMILES string of the molecule is C(CC1CCC2OC2C1)OCC1(COCCC2CCC3OC3C2)COC1. The second-order valence-corrected chi connectivity index (χ2v) is 9.46. The van der Waals surface area contributed by atoms with Crippen molar-refractivity contribution in [3.8, 4) is 0 Å². The lowest BCUT2D eigenvalue weighted by atomic mass is 9.86. The average molecular weight is 366 g/mol. The Kier molecular flexibility index (Phi) is 5.27. The van der Waals surface area contributed by atoms with E-state index in [2.05, 4.69) is 0 Å². The zero-order valence-electron chi connectivity index (χ0n) is 15.9. The first-order valence-corrected chi connectivity index (χ1v) is 10.8. The lowest BCUT2D eigenvalue weighted by molar-refractivity contribution is -0.178. The Morgan fingerprint density at radius 3 is 1.65 bits per heavy atom. The molecule has 6 atom stereocenters. The van der Waals surface area contributed by atoms with Gasteiger partial charge in [0.15, 0.2) is 0 Å². The van der Waals surface area contributed by atoms with Crippen LogP contribution in [0.25, 0.3) is 0 Å². The van der Waals surface area contributed by atoms with E-state index in [4.69, 9.17) is 23.7 Å². The first-order chi connectivity index (χ1) is 12.8. The minimum absolute atomic E-state index is 0.106. The molecule has 5 fully saturated rings. The van der Waals surface area contributed by atoms with Crippen LogP contribution in [0.2, 0.25) is 0 Å². The largest absolute Gasteiger partial charge is 0.381 e. The van der Waals surface area contributed by atoms with E-state index in [0.29, 0.717) is 24.4 Å². The van der Waals surface area contributed by atoms with Gasteiger partial charge in [-0.2, -0.15) is 0 Å². The van der Waals surface area contributed by atoms with Crippen molar-refractivity contribution in [3.05, 3.63) is 0 Å². The molecule has 148 valence electrons. The molecular formula is C21H34O5. The average Bonchev–Trinajstić information content (AvgIpc) is 3.52. The van der Waals surface area contributed by atoms with Gasteiger partial charge in [0.25, 0.3) is 0 Å². The van der Waals surface area contributed by atoms with Crippen molar-refractivity contribution in [1.82, 2.24) is 0 Å². The highest BCUT2D eigenvalue weighted by Gasteiger charge is 2.45. The van der Waals surface area contributed by atoms with Crippen LogP contribution in [0.4, 0.5) is 0 Å². The molecule has 3 heterocycles. The number of hydrogen-bond donors (Lipinski definition) is 0. The minimum atomic E-state index is 0.106. The molecule has 5 nitrogen and oxygen atoms in total. The van der Waals surface area contributed by atoms with Gasteiger partial charge in [0.1, 0.15) is 0 Å². The Labute approximate surface area is 157 Å². The number of epoxide rings is 2. The standard InChI is InChI=1S/C21H34O5/c1-3-17-19(25-17)9-15(1)5-7-22-11-21(13-24-14-21)12-23-8-6-16-2-4-18-20(10-16)26-18/h15-20H,1-14H2. The maximum absolute atomic E-state index is 6.04. The molecule has 2 saturated carbocycles. The molecule has 0 amide bonds. The summed E-state index contributed by atoms with van der Waals surface area (Å²) in [6.07, 6.45) is 12.4. The molecular weight excluding hydrogens is 332 g/mol. The van der Waals surface area contributed by atoms with E-state index in [-0.39, 0.29) is 5.41 Å². The molecule has 0 bridgehead atoms. The number of fused-ring (bicyclic) bond motifs is 2. The van der Waals surface area contributed by atoms with Crippen molar-refractivity contribution in [2.24, 2.45) is 17.3 Å². The molecule has 0 aromatic rings. The molecule has 26 heavy (non-hydrogen) atoms. The summed E-state index contributed by atoms with van der Waals surface area (Å²) in [5, 5.41) is 0. The van der Waals surface area contributed by atoms with E-state index in [1.165, 1.54) is 51.4 Å². The van der Waals surface area contributed by atoms with Gasteiger partial charge in [-0.3, -0.25) is 0 Å². The van der Waals surface area contributed by atoms with Crippen molar-refractivity contribution >= 4 is 0 Å². The fourth-order valence-corrected chi connectivity index (χ4v) is 5.17. The first-order valence-electron chi connectivity index (χ1n) is 10.8. The summed E-state index contributed by atoms with van der Waals surface area (Å²) in [5.41, 5.74) is 0.106. The van der Waals surface area contributed by atoms with Crippen LogP contribution >= 0.6 is 0 Å². The van der Waals surface area contributed by atoms with E-state index in [1.54, 1.807) is 0 Å². The number of rotatable bonds is 10. The van der Waals surface area contributed by atoms with E-state index >= 15 is 0 Å². The van der Waals surface area contributed by atoms with Crippen LogP contribution in [0.1, 0.15) is 51.4 Å². The molecule has 2 aliphatic carbocycles. The third-order valence-corrected chi connectivity index (χ3v) is 7.20. The summed E-state index contributed by atoms with van der Waals surface area (Å²) in [5.74, 6) is 1.60. The normalized spacial score (nSPS) is 42.5. The van der Waals surface area contributed by atoms with E-state index in [9.17, 15) is 0 Å². The predicted octanol–water partition coefficient (Wildman–Crippen LogP) is 2.95. The van der Waals surface area contributed by atoms with Gasteiger partial charge < -0.3 is 23.7 Å². The van der Waals surface area contributed by atoms with Gasteiger partial charge >= 0.3 is 0 Å². The highest BCUT2D eigenvalue weighted by Crippen LogP contribution is 2.41. The summed E-state index contributed by atoms with van der Waals surface area (Å²) in [4.78, 5) is 0. The third kappa shape index (κ3) is 4.27. The lowest BCUT2D eigenvalue weighted by Crippen LogP contribution is -2.50. The van der Waals surface area contributed by atoms with Crippen LogP contribution in [-0.4, -0.2) is 64.1 Å². The fourth-order valence-electron chi connectivity index (χ4n) is 5.17. The van der Waals surface area contributed by atoms with Gasteiger partial charge in [-0.1, -0.05) is 0 Å². The Balaban J connectivity index is 0.942.